The smallest absolute Gasteiger partial charge is 0.248 e. The quantitative estimate of drug-likeness (QED) is 0.378. The number of aliphatic imine (C=N–C) groups is 1. The van der Waals surface area contributed by atoms with Gasteiger partial charge >= 0.3 is 0 Å². The summed E-state index contributed by atoms with van der Waals surface area (Å²) in [7, 11) is 2.02. The van der Waals surface area contributed by atoms with E-state index in [2.05, 4.69) is 38.8 Å². The molecule has 27 heavy (non-hydrogen) atoms. The highest BCUT2D eigenvalue weighted by atomic mass is 127. The minimum atomic E-state index is 0. The van der Waals surface area contributed by atoms with Crippen LogP contribution in [0.15, 0.2) is 46.8 Å². The lowest BCUT2D eigenvalue weighted by molar-refractivity contribution is -0.117. The lowest BCUT2D eigenvalue weighted by Crippen LogP contribution is -2.41. The second-order valence-electron chi connectivity index (χ2n) is 6.35. The number of fused-ring (bicyclic) bond motifs is 1. The minimum absolute atomic E-state index is 0. The van der Waals surface area contributed by atoms with Gasteiger partial charge in [0.15, 0.2) is 5.96 Å². The summed E-state index contributed by atoms with van der Waals surface area (Å²) in [6, 6.07) is 12.3. The third-order valence-electron chi connectivity index (χ3n) is 4.52. The summed E-state index contributed by atoms with van der Waals surface area (Å²) in [6.07, 6.45) is 1.90. The van der Waals surface area contributed by atoms with Crippen LogP contribution < -0.4 is 10.2 Å². The van der Waals surface area contributed by atoms with Gasteiger partial charge in [-0.3, -0.25) is 4.79 Å². The molecule has 1 aromatic carbocycles. The standard InChI is InChI=1S/C20H26N4OS.HI/c1-3-21-20(23(2)12-11-17-8-6-14-26-17)22-15-19(25)24-13-10-16-7-4-5-9-18(16)24;/h4-9,14H,3,10-13,15H2,1-2H3,(H,21,22);1H. The van der Waals surface area contributed by atoms with E-state index in [1.807, 2.05) is 37.1 Å². The molecular weight excluding hydrogens is 471 g/mol. The Morgan fingerprint density at radius 2 is 2.11 bits per heavy atom. The molecule has 0 saturated carbocycles. The van der Waals surface area contributed by atoms with Crippen molar-refractivity contribution in [3.8, 4) is 0 Å². The fraction of sp³-hybridized carbons (Fsp3) is 0.400. The van der Waals surface area contributed by atoms with Crippen LogP contribution in [0.4, 0.5) is 5.69 Å². The van der Waals surface area contributed by atoms with Crippen molar-refractivity contribution in [2.24, 2.45) is 4.99 Å². The Labute approximate surface area is 182 Å². The SMILES string of the molecule is CCNC(=NCC(=O)N1CCc2ccccc21)N(C)CCc1cccs1.I. The zero-order valence-corrected chi connectivity index (χ0v) is 19.0. The number of carbonyl (C=O) groups is 1. The lowest BCUT2D eigenvalue weighted by atomic mass is 10.2. The first-order valence-electron chi connectivity index (χ1n) is 9.09. The summed E-state index contributed by atoms with van der Waals surface area (Å²) >= 11 is 1.77. The Bertz CT molecular complexity index is 763. The van der Waals surface area contributed by atoms with E-state index >= 15 is 0 Å². The summed E-state index contributed by atoms with van der Waals surface area (Å²) in [6.45, 7) is 4.61. The molecule has 2 aromatic rings. The molecule has 1 amide bonds. The van der Waals surface area contributed by atoms with Crippen LogP contribution in [0.25, 0.3) is 0 Å². The number of benzene rings is 1. The summed E-state index contributed by atoms with van der Waals surface area (Å²) in [4.78, 5) is 22.5. The Kier molecular flexibility index (Phi) is 8.56. The van der Waals surface area contributed by atoms with Crippen molar-refractivity contribution >= 4 is 52.9 Å². The maximum absolute atomic E-state index is 12.7. The molecule has 1 N–H and O–H groups in total. The van der Waals surface area contributed by atoms with Gasteiger partial charge in [-0.05, 0) is 42.8 Å². The summed E-state index contributed by atoms with van der Waals surface area (Å²) < 4.78 is 0. The average molecular weight is 498 g/mol. The Morgan fingerprint density at radius 3 is 2.85 bits per heavy atom. The van der Waals surface area contributed by atoms with E-state index in [-0.39, 0.29) is 36.4 Å². The Balaban J connectivity index is 0.00000261. The molecule has 0 aliphatic carbocycles. The van der Waals surface area contributed by atoms with Crippen LogP contribution in [0.2, 0.25) is 0 Å². The highest BCUT2D eigenvalue weighted by Gasteiger charge is 2.23. The molecular formula is C20H27IN4OS. The molecule has 1 aliphatic rings. The number of amides is 1. The van der Waals surface area contributed by atoms with Gasteiger partial charge in [0.1, 0.15) is 6.54 Å². The second-order valence-corrected chi connectivity index (χ2v) is 7.38. The highest BCUT2D eigenvalue weighted by molar-refractivity contribution is 14.0. The van der Waals surface area contributed by atoms with Gasteiger partial charge in [-0.2, -0.15) is 0 Å². The minimum Gasteiger partial charge on any atom is -0.357 e. The number of guanidine groups is 1. The number of para-hydroxylation sites is 1. The van der Waals surface area contributed by atoms with E-state index in [0.717, 1.165) is 44.1 Å². The van der Waals surface area contributed by atoms with E-state index in [4.69, 9.17) is 0 Å². The molecule has 0 fully saturated rings. The number of rotatable bonds is 6. The average Bonchev–Trinajstić information content (AvgIpc) is 3.32. The monoisotopic (exact) mass is 498 g/mol. The predicted octanol–water partition coefficient (Wildman–Crippen LogP) is 3.40. The van der Waals surface area contributed by atoms with E-state index in [9.17, 15) is 4.79 Å². The molecule has 3 rings (SSSR count). The number of hydrogen-bond acceptors (Lipinski definition) is 3. The maximum Gasteiger partial charge on any atom is 0.248 e. The van der Waals surface area contributed by atoms with E-state index in [0.29, 0.717) is 0 Å². The van der Waals surface area contributed by atoms with Gasteiger partial charge < -0.3 is 15.1 Å². The van der Waals surface area contributed by atoms with Gasteiger partial charge in [0.25, 0.3) is 0 Å². The van der Waals surface area contributed by atoms with Gasteiger partial charge in [0, 0.05) is 37.2 Å². The number of thiophene rings is 1. The molecule has 0 radical (unpaired) electrons. The zero-order valence-electron chi connectivity index (χ0n) is 15.9. The third-order valence-corrected chi connectivity index (χ3v) is 5.46. The first kappa shape index (κ1) is 21.7. The van der Waals surface area contributed by atoms with E-state index in [1.165, 1.54) is 10.4 Å². The summed E-state index contributed by atoms with van der Waals surface area (Å²) in [5.74, 6) is 0.835. The first-order chi connectivity index (χ1) is 12.7. The second kappa shape index (κ2) is 10.7. The molecule has 0 saturated heterocycles. The molecule has 5 nitrogen and oxygen atoms in total. The topological polar surface area (TPSA) is 47.9 Å². The molecule has 1 aromatic heterocycles. The largest absolute Gasteiger partial charge is 0.357 e. The Hall–Kier alpha value is -1.61. The van der Waals surface area contributed by atoms with Crippen LogP contribution in [-0.4, -0.2) is 50.0 Å². The number of nitrogens with zero attached hydrogens (tertiary/aromatic N) is 3. The van der Waals surface area contributed by atoms with Crippen molar-refractivity contribution in [2.75, 3.05) is 38.1 Å². The summed E-state index contributed by atoms with van der Waals surface area (Å²) in [5.41, 5.74) is 2.27. The number of halogens is 1. The number of anilines is 1. The molecule has 2 heterocycles. The van der Waals surface area contributed by atoms with Crippen molar-refractivity contribution in [3.63, 3.8) is 0 Å². The Morgan fingerprint density at radius 1 is 1.30 bits per heavy atom. The van der Waals surface area contributed by atoms with Crippen LogP contribution >= 0.6 is 35.3 Å². The molecule has 0 spiro atoms. The van der Waals surface area contributed by atoms with Crippen molar-refractivity contribution in [2.45, 2.75) is 19.8 Å². The summed E-state index contributed by atoms with van der Waals surface area (Å²) in [5, 5.41) is 5.38. The van der Waals surface area contributed by atoms with Crippen LogP contribution in [0, 0.1) is 0 Å². The van der Waals surface area contributed by atoms with E-state index in [1.54, 1.807) is 11.3 Å². The normalized spacial score (nSPS) is 13.1. The van der Waals surface area contributed by atoms with E-state index < -0.39 is 0 Å². The number of nitrogens with one attached hydrogen (secondary N) is 1. The van der Waals surface area contributed by atoms with Crippen LogP contribution in [0.1, 0.15) is 17.4 Å². The number of carbonyl (C=O) groups excluding carboxylic acids is 1. The van der Waals surface area contributed by atoms with Gasteiger partial charge in [0.2, 0.25) is 5.91 Å². The molecule has 7 heteroatoms. The molecule has 0 bridgehead atoms. The number of hydrogen-bond donors (Lipinski definition) is 1. The fourth-order valence-corrected chi connectivity index (χ4v) is 3.83. The van der Waals surface area contributed by atoms with Crippen molar-refractivity contribution < 1.29 is 4.79 Å². The predicted molar refractivity (Wildman–Crippen MR) is 125 cm³/mol. The van der Waals surface area contributed by atoms with Gasteiger partial charge in [-0.25, -0.2) is 4.99 Å². The van der Waals surface area contributed by atoms with Gasteiger partial charge in [-0.1, -0.05) is 24.3 Å². The highest BCUT2D eigenvalue weighted by Crippen LogP contribution is 2.27. The van der Waals surface area contributed by atoms with Crippen LogP contribution in [0.3, 0.4) is 0 Å². The van der Waals surface area contributed by atoms with Gasteiger partial charge in [0.05, 0.1) is 0 Å². The number of likely N-dealkylation sites (N-methyl/N-ethyl adjacent to an activating group) is 1. The van der Waals surface area contributed by atoms with Crippen molar-refractivity contribution in [1.82, 2.24) is 10.2 Å². The zero-order chi connectivity index (χ0) is 18.4. The molecule has 146 valence electrons. The fourth-order valence-electron chi connectivity index (χ4n) is 3.13. The molecule has 0 atom stereocenters. The molecule has 1 aliphatic heterocycles. The van der Waals surface area contributed by atoms with Crippen LogP contribution in [-0.2, 0) is 17.6 Å². The van der Waals surface area contributed by atoms with Crippen molar-refractivity contribution in [3.05, 3.63) is 52.2 Å². The van der Waals surface area contributed by atoms with Crippen molar-refractivity contribution in [1.29, 1.82) is 0 Å². The maximum atomic E-state index is 12.7. The van der Waals surface area contributed by atoms with Gasteiger partial charge in [-0.15, -0.1) is 35.3 Å². The first-order valence-corrected chi connectivity index (χ1v) is 9.97. The lowest BCUT2D eigenvalue weighted by Gasteiger charge is -2.22. The van der Waals surface area contributed by atoms with Crippen LogP contribution in [0.5, 0.6) is 0 Å². The third kappa shape index (κ3) is 5.68. The molecule has 0 unspecified atom stereocenters.